The van der Waals surface area contributed by atoms with E-state index in [4.69, 9.17) is 0 Å². The lowest BCUT2D eigenvalue weighted by Crippen LogP contribution is -2.31. The highest BCUT2D eigenvalue weighted by molar-refractivity contribution is 8.32. The van der Waals surface area contributed by atoms with Crippen LogP contribution < -0.4 is 0 Å². The van der Waals surface area contributed by atoms with Crippen LogP contribution in [0.15, 0.2) is 36.4 Å². The summed E-state index contributed by atoms with van der Waals surface area (Å²) in [6, 6.07) is 13.9. The first-order chi connectivity index (χ1) is 12.9. The van der Waals surface area contributed by atoms with Crippen LogP contribution in [0.1, 0.15) is 61.1 Å². The Morgan fingerprint density at radius 3 is 2.44 bits per heavy atom. The molecule has 0 heterocycles. The predicted octanol–water partition coefficient (Wildman–Crippen LogP) is 7.19. The van der Waals surface area contributed by atoms with Crippen molar-refractivity contribution in [1.29, 1.82) is 0 Å². The van der Waals surface area contributed by atoms with Gasteiger partial charge in [-0.1, -0.05) is 57.2 Å². The maximum absolute atomic E-state index is 2.67. The zero-order chi connectivity index (χ0) is 19.2. The first kappa shape index (κ1) is 19.1. The molecule has 0 saturated carbocycles. The van der Waals surface area contributed by atoms with Gasteiger partial charge in [0.25, 0.3) is 0 Å². The van der Waals surface area contributed by atoms with Crippen LogP contribution in [0.2, 0.25) is 0 Å². The molecule has 0 nitrogen and oxygen atoms in total. The lowest BCUT2D eigenvalue weighted by atomic mass is 9.73. The highest BCUT2D eigenvalue weighted by atomic mass is 32.3. The quantitative estimate of drug-likeness (QED) is 0.526. The third-order valence-corrected chi connectivity index (χ3v) is 10.7. The van der Waals surface area contributed by atoms with Gasteiger partial charge in [0.05, 0.1) is 0 Å². The summed E-state index contributed by atoms with van der Waals surface area (Å²) in [4.78, 5) is 0. The van der Waals surface area contributed by atoms with Gasteiger partial charge in [0.2, 0.25) is 0 Å². The average Bonchev–Trinajstić information content (AvgIpc) is 3.09. The lowest BCUT2D eigenvalue weighted by molar-refractivity contribution is 0.352. The molecule has 0 aromatic heterocycles. The van der Waals surface area contributed by atoms with Crippen LogP contribution in [0.5, 0.6) is 0 Å². The van der Waals surface area contributed by atoms with Crippen molar-refractivity contribution in [3.8, 4) is 11.1 Å². The van der Waals surface area contributed by atoms with Gasteiger partial charge in [-0.25, -0.2) is 10.0 Å². The van der Waals surface area contributed by atoms with E-state index in [1.54, 1.807) is 27.8 Å². The molecule has 0 radical (unpaired) electrons. The molecule has 3 unspecified atom stereocenters. The highest BCUT2D eigenvalue weighted by Gasteiger charge is 2.40. The Bertz CT molecular complexity index is 818. The predicted molar refractivity (Wildman–Crippen MR) is 123 cm³/mol. The zero-order valence-corrected chi connectivity index (χ0v) is 18.7. The molecule has 0 saturated heterocycles. The van der Waals surface area contributed by atoms with Crippen LogP contribution in [-0.2, 0) is 19.3 Å². The van der Waals surface area contributed by atoms with E-state index in [0.29, 0.717) is 0 Å². The fourth-order valence-corrected chi connectivity index (χ4v) is 9.54. The molecule has 2 aliphatic rings. The van der Waals surface area contributed by atoms with Crippen molar-refractivity contribution in [2.24, 2.45) is 11.8 Å². The van der Waals surface area contributed by atoms with E-state index in [1.807, 2.05) is 0 Å². The fourth-order valence-electron chi connectivity index (χ4n) is 5.91. The van der Waals surface area contributed by atoms with Crippen molar-refractivity contribution in [2.45, 2.75) is 58.1 Å². The van der Waals surface area contributed by atoms with Gasteiger partial charge >= 0.3 is 0 Å². The van der Waals surface area contributed by atoms with Crippen molar-refractivity contribution < 1.29 is 0 Å². The van der Waals surface area contributed by atoms with E-state index in [-0.39, 0.29) is 0 Å². The Morgan fingerprint density at radius 1 is 1.00 bits per heavy atom. The van der Waals surface area contributed by atoms with Crippen molar-refractivity contribution in [2.75, 3.05) is 18.3 Å². The molecule has 2 aromatic carbocycles. The van der Waals surface area contributed by atoms with Gasteiger partial charge in [0, 0.05) is 5.25 Å². The Hall–Kier alpha value is -1.21. The number of fused-ring (bicyclic) bond motifs is 2. The summed E-state index contributed by atoms with van der Waals surface area (Å²) in [5.74, 6) is 2.96. The summed E-state index contributed by atoms with van der Waals surface area (Å²) in [7, 11) is -0.645. The average molecular weight is 381 g/mol. The number of aryl methyl sites for hydroxylation is 1. The van der Waals surface area contributed by atoms with Crippen LogP contribution in [0.3, 0.4) is 0 Å². The zero-order valence-electron chi connectivity index (χ0n) is 17.8. The summed E-state index contributed by atoms with van der Waals surface area (Å²) in [5, 5.41) is 0.754. The maximum Gasteiger partial charge on any atom is 0.0167 e. The summed E-state index contributed by atoms with van der Waals surface area (Å²) >= 11 is 0. The van der Waals surface area contributed by atoms with Gasteiger partial charge in [-0.2, -0.15) is 0 Å². The Balaban J connectivity index is 1.97. The first-order valence-electron chi connectivity index (χ1n) is 10.9. The molecule has 0 N–H and O–H groups in total. The third kappa shape index (κ3) is 3.27. The second-order valence-corrected chi connectivity index (χ2v) is 13.6. The van der Waals surface area contributed by atoms with Crippen molar-refractivity contribution in [1.82, 2.24) is 0 Å². The molecule has 3 atom stereocenters. The van der Waals surface area contributed by atoms with Crippen molar-refractivity contribution in [3.05, 3.63) is 58.7 Å². The van der Waals surface area contributed by atoms with E-state index >= 15 is 0 Å². The van der Waals surface area contributed by atoms with E-state index in [9.17, 15) is 0 Å². The second kappa shape index (κ2) is 7.32. The highest BCUT2D eigenvalue weighted by Crippen LogP contribution is 2.63. The molecule has 0 aliphatic heterocycles. The molecule has 0 bridgehead atoms. The van der Waals surface area contributed by atoms with Gasteiger partial charge in [0.15, 0.2) is 0 Å². The molecule has 2 aliphatic carbocycles. The standard InChI is InChI=1S/C26H36S/c1-6-15-27(4,5)26-19(3)18(2)16-23-24(26)17-21-13-10-14-22(21)25(23)20-11-8-7-9-12-20/h7-9,11-12,17-19,26H,6,10,13-16H2,1-5H3. The normalized spacial score (nSPS) is 25.1. The molecule has 2 aromatic rings. The first-order valence-corrected chi connectivity index (χ1v) is 13.5. The molecule has 0 fully saturated rings. The molecule has 4 rings (SSSR count). The summed E-state index contributed by atoms with van der Waals surface area (Å²) in [6.07, 6.45) is 11.7. The van der Waals surface area contributed by atoms with Gasteiger partial charge in [-0.05, 0) is 95.6 Å². The third-order valence-electron chi connectivity index (χ3n) is 7.23. The molecular formula is C26H36S. The number of rotatable bonds is 4. The van der Waals surface area contributed by atoms with E-state index in [2.05, 4.69) is 69.7 Å². The fraction of sp³-hybridized carbons (Fsp3) is 0.538. The van der Waals surface area contributed by atoms with Gasteiger partial charge < -0.3 is 0 Å². The van der Waals surface area contributed by atoms with Crippen molar-refractivity contribution >= 4 is 10.0 Å². The second-order valence-electron chi connectivity index (χ2n) is 9.47. The van der Waals surface area contributed by atoms with Gasteiger partial charge in [-0.3, -0.25) is 0 Å². The Labute approximate surface area is 168 Å². The topological polar surface area (TPSA) is 0 Å². The largest absolute Gasteiger partial charge is 0.240 e. The Kier molecular flexibility index (Phi) is 5.18. The van der Waals surface area contributed by atoms with Crippen LogP contribution in [0, 0.1) is 11.8 Å². The Morgan fingerprint density at radius 2 is 1.74 bits per heavy atom. The van der Waals surface area contributed by atoms with Crippen LogP contribution in [0.25, 0.3) is 11.1 Å². The van der Waals surface area contributed by atoms with Crippen LogP contribution >= 0.6 is 10.0 Å². The maximum atomic E-state index is 2.67. The number of hydrogen-bond acceptors (Lipinski definition) is 0. The number of benzene rings is 2. The monoisotopic (exact) mass is 380 g/mol. The van der Waals surface area contributed by atoms with Crippen molar-refractivity contribution in [3.63, 3.8) is 0 Å². The molecule has 1 heteroatoms. The summed E-state index contributed by atoms with van der Waals surface area (Å²) in [5.41, 5.74) is 9.84. The number of hydrogen-bond donors (Lipinski definition) is 0. The minimum absolute atomic E-state index is 0.645. The smallest absolute Gasteiger partial charge is 0.0167 e. The van der Waals surface area contributed by atoms with E-state index in [1.165, 1.54) is 43.4 Å². The molecule has 27 heavy (non-hydrogen) atoms. The SMILES string of the molecule is CCCS(C)(C)C1c2cc3c(c(-c4ccccc4)c2CC(C)C1C)CCC3. The van der Waals surface area contributed by atoms with Gasteiger partial charge in [0.1, 0.15) is 0 Å². The lowest BCUT2D eigenvalue weighted by Gasteiger charge is -2.49. The molecular weight excluding hydrogens is 344 g/mol. The van der Waals surface area contributed by atoms with Gasteiger partial charge in [-0.15, -0.1) is 0 Å². The molecule has 0 spiro atoms. The summed E-state index contributed by atoms with van der Waals surface area (Å²) < 4.78 is 0. The van der Waals surface area contributed by atoms with Crippen LogP contribution in [-0.4, -0.2) is 18.3 Å². The van der Waals surface area contributed by atoms with Crippen LogP contribution in [0.4, 0.5) is 0 Å². The molecule has 0 amide bonds. The molecule has 146 valence electrons. The van der Waals surface area contributed by atoms with E-state index < -0.39 is 10.0 Å². The minimum atomic E-state index is -0.645. The summed E-state index contributed by atoms with van der Waals surface area (Å²) in [6.45, 7) is 7.41. The minimum Gasteiger partial charge on any atom is -0.240 e. The van der Waals surface area contributed by atoms with E-state index in [0.717, 1.165) is 17.1 Å².